The molecule has 29 heavy (non-hydrogen) atoms. The number of aliphatic hydroxyl groups is 1. The molecule has 3 rings (SSSR count). The number of carbonyl (C=O) groups excluding carboxylic acids is 1. The summed E-state index contributed by atoms with van der Waals surface area (Å²) in [6.45, 7) is 3.91. The molecule has 3 aromatic rings. The number of nitrogens with one attached hydrogen (secondary N) is 1. The molecule has 0 bridgehead atoms. The predicted molar refractivity (Wildman–Crippen MR) is 116 cm³/mol. The highest BCUT2D eigenvalue weighted by Crippen LogP contribution is 2.31. The van der Waals surface area contributed by atoms with Gasteiger partial charge in [-0.15, -0.1) is 0 Å². The third-order valence-corrected chi connectivity index (χ3v) is 4.90. The lowest BCUT2D eigenvalue weighted by Gasteiger charge is -2.14. The highest BCUT2D eigenvalue weighted by atomic mass is 35.5. The Hall–Kier alpha value is -2.60. The van der Waals surface area contributed by atoms with Crippen LogP contribution in [0.3, 0.4) is 0 Å². The van der Waals surface area contributed by atoms with Gasteiger partial charge < -0.3 is 15.2 Å². The van der Waals surface area contributed by atoms with Gasteiger partial charge in [0, 0.05) is 27.5 Å². The summed E-state index contributed by atoms with van der Waals surface area (Å²) in [5, 5.41) is 12.9. The molecule has 2 N–H and O–H groups in total. The molecule has 0 atom stereocenters. The van der Waals surface area contributed by atoms with Crippen LogP contribution >= 0.6 is 23.2 Å². The first kappa shape index (κ1) is 21.1. The fraction of sp³-hybridized carbons (Fsp3) is 0.182. The number of hydrogen-bond acceptors (Lipinski definition) is 4. The molecular weight excluding hydrogens is 411 g/mol. The summed E-state index contributed by atoms with van der Waals surface area (Å²) >= 11 is 12.4. The predicted octanol–water partition coefficient (Wildman–Crippen LogP) is 5.30. The lowest BCUT2D eigenvalue weighted by atomic mass is 10.1. The smallest absolute Gasteiger partial charge is 0.274 e. The Bertz CT molecular complexity index is 1030. The van der Waals surface area contributed by atoms with Crippen LogP contribution in [-0.2, 0) is 0 Å². The first-order valence-corrected chi connectivity index (χ1v) is 9.72. The minimum atomic E-state index is -0.333. The molecular formula is C22H20Cl2N2O3. The monoisotopic (exact) mass is 430 g/mol. The summed E-state index contributed by atoms with van der Waals surface area (Å²) in [6.07, 6.45) is 1.56. The van der Waals surface area contributed by atoms with E-state index in [0.29, 0.717) is 21.5 Å². The number of nitrogens with zero attached hydrogens (tertiary/aromatic N) is 1. The minimum Gasteiger partial charge on any atom is -0.491 e. The van der Waals surface area contributed by atoms with Crippen LogP contribution in [0.25, 0.3) is 11.1 Å². The Labute approximate surface area is 179 Å². The van der Waals surface area contributed by atoms with Crippen molar-refractivity contribution >= 4 is 34.8 Å². The first-order valence-electron chi connectivity index (χ1n) is 8.97. The highest BCUT2D eigenvalue weighted by Gasteiger charge is 2.14. The van der Waals surface area contributed by atoms with Crippen LogP contribution in [-0.4, -0.2) is 29.2 Å². The number of pyridine rings is 1. The largest absolute Gasteiger partial charge is 0.491 e. The van der Waals surface area contributed by atoms with Crippen molar-refractivity contribution in [3.05, 3.63) is 75.5 Å². The van der Waals surface area contributed by atoms with Crippen molar-refractivity contribution in [3.8, 4) is 16.9 Å². The zero-order valence-electron chi connectivity index (χ0n) is 16.0. The molecule has 7 heteroatoms. The molecule has 0 fully saturated rings. The molecule has 0 saturated carbocycles. The van der Waals surface area contributed by atoms with E-state index in [1.54, 1.807) is 36.5 Å². The van der Waals surface area contributed by atoms with Gasteiger partial charge in [0.05, 0.1) is 6.61 Å². The number of aliphatic hydroxyl groups excluding tert-OH is 1. The third kappa shape index (κ3) is 5.07. The molecule has 0 aliphatic heterocycles. The summed E-state index contributed by atoms with van der Waals surface area (Å²) in [6, 6.07) is 12.3. The number of hydrogen-bond donors (Lipinski definition) is 2. The van der Waals surface area contributed by atoms with Crippen molar-refractivity contribution < 1.29 is 14.6 Å². The summed E-state index contributed by atoms with van der Waals surface area (Å²) in [7, 11) is 0. The fourth-order valence-corrected chi connectivity index (χ4v) is 3.39. The molecule has 0 aliphatic carbocycles. The van der Waals surface area contributed by atoms with E-state index < -0.39 is 0 Å². The van der Waals surface area contributed by atoms with Crippen molar-refractivity contribution in [3.63, 3.8) is 0 Å². The number of halogens is 2. The number of carbonyl (C=O) groups is 1. The second-order valence-electron chi connectivity index (χ2n) is 6.51. The topological polar surface area (TPSA) is 71.5 Å². The fourth-order valence-electron chi connectivity index (χ4n) is 2.99. The summed E-state index contributed by atoms with van der Waals surface area (Å²) in [5.74, 6) is 0.308. The average Bonchev–Trinajstić information content (AvgIpc) is 2.71. The number of amides is 1. The minimum absolute atomic E-state index is 0.0603. The van der Waals surface area contributed by atoms with Gasteiger partial charge in [-0.05, 0) is 73.0 Å². The van der Waals surface area contributed by atoms with Crippen LogP contribution in [0.1, 0.15) is 21.6 Å². The van der Waals surface area contributed by atoms with Crippen LogP contribution in [0.4, 0.5) is 5.69 Å². The Kier molecular flexibility index (Phi) is 6.75. The Morgan fingerprint density at radius 3 is 2.52 bits per heavy atom. The van der Waals surface area contributed by atoms with Gasteiger partial charge in [-0.3, -0.25) is 9.78 Å². The van der Waals surface area contributed by atoms with Gasteiger partial charge in [0.2, 0.25) is 0 Å². The van der Waals surface area contributed by atoms with E-state index in [1.165, 1.54) is 0 Å². The van der Waals surface area contributed by atoms with Crippen molar-refractivity contribution in [1.29, 1.82) is 0 Å². The number of aromatic nitrogens is 1. The van der Waals surface area contributed by atoms with E-state index in [4.69, 9.17) is 33.0 Å². The van der Waals surface area contributed by atoms with E-state index in [1.807, 2.05) is 26.0 Å². The maximum Gasteiger partial charge on any atom is 0.274 e. The molecule has 0 unspecified atom stereocenters. The van der Waals surface area contributed by atoms with E-state index in [2.05, 4.69) is 10.3 Å². The van der Waals surface area contributed by atoms with Crippen molar-refractivity contribution in [1.82, 2.24) is 4.98 Å². The van der Waals surface area contributed by atoms with Gasteiger partial charge in [-0.1, -0.05) is 23.2 Å². The zero-order chi connectivity index (χ0) is 21.0. The third-order valence-electron chi connectivity index (χ3n) is 4.34. The second kappa shape index (κ2) is 9.27. The molecule has 2 aromatic carbocycles. The molecule has 1 aromatic heterocycles. The number of anilines is 1. The number of ether oxygens (including phenoxy) is 1. The quantitative estimate of drug-likeness (QED) is 0.556. The van der Waals surface area contributed by atoms with Gasteiger partial charge in [0.15, 0.2) is 0 Å². The van der Waals surface area contributed by atoms with Crippen molar-refractivity contribution in [2.45, 2.75) is 13.8 Å². The standard InChI is InChI=1S/C22H20Cl2N2O3/c1-13-9-17(29-8-7-27)10-14(2)21(13)26-22(28)20-11-15(5-6-25-20)18-12-16(23)3-4-19(18)24/h3-6,9-12,27H,7-8H2,1-2H3,(H,26,28). The Morgan fingerprint density at radius 2 is 1.83 bits per heavy atom. The second-order valence-corrected chi connectivity index (χ2v) is 7.36. The van der Waals surface area contributed by atoms with Gasteiger partial charge in [0.25, 0.3) is 5.91 Å². The van der Waals surface area contributed by atoms with Crippen LogP contribution in [0, 0.1) is 13.8 Å². The summed E-state index contributed by atoms with van der Waals surface area (Å²) in [4.78, 5) is 17.0. The van der Waals surface area contributed by atoms with Crippen molar-refractivity contribution in [2.24, 2.45) is 0 Å². The SMILES string of the molecule is Cc1cc(OCCO)cc(C)c1NC(=O)c1cc(-c2cc(Cl)ccc2Cl)ccn1. The maximum atomic E-state index is 12.8. The van der Waals surface area contributed by atoms with Gasteiger partial charge in [-0.25, -0.2) is 0 Å². The highest BCUT2D eigenvalue weighted by molar-refractivity contribution is 6.35. The summed E-state index contributed by atoms with van der Waals surface area (Å²) < 4.78 is 5.45. The Balaban J connectivity index is 1.86. The molecule has 1 heterocycles. The Morgan fingerprint density at radius 1 is 1.10 bits per heavy atom. The van der Waals surface area contributed by atoms with Crippen LogP contribution in [0.2, 0.25) is 10.0 Å². The molecule has 0 spiro atoms. The molecule has 0 saturated heterocycles. The first-order chi connectivity index (χ1) is 13.9. The molecule has 0 radical (unpaired) electrons. The average molecular weight is 431 g/mol. The lowest BCUT2D eigenvalue weighted by Crippen LogP contribution is -2.15. The zero-order valence-corrected chi connectivity index (χ0v) is 17.5. The number of aryl methyl sites for hydroxylation is 2. The molecule has 1 amide bonds. The number of benzene rings is 2. The molecule has 0 aliphatic rings. The van der Waals surface area contributed by atoms with Crippen LogP contribution in [0.15, 0.2) is 48.7 Å². The van der Waals surface area contributed by atoms with Gasteiger partial charge >= 0.3 is 0 Å². The molecule has 150 valence electrons. The lowest BCUT2D eigenvalue weighted by molar-refractivity contribution is 0.102. The van der Waals surface area contributed by atoms with E-state index in [-0.39, 0.29) is 24.8 Å². The van der Waals surface area contributed by atoms with Gasteiger partial charge in [-0.2, -0.15) is 0 Å². The summed E-state index contributed by atoms with van der Waals surface area (Å²) in [5.41, 5.74) is 4.13. The maximum absolute atomic E-state index is 12.8. The number of rotatable bonds is 6. The van der Waals surface area contributed by atoms with Crippen molar-refractivity contribution in [2.75, 3.05) is 18.5 Å². The van der Waals surface area contributed by atoms with E-state index in [0.717, 1.165) is 22.3 Å². The molecule has 5 nitrogen and oxygen atoms in total. The van der Waals surface area contributed by atoms with E-state index in [9.17, 15) is 4.79 Å². The van der Waals surface area contributed by atoms with E-state index >= 15 is 0 Å². The van der Waals surface area contributed by atoms with Crippen LogP contribution in [0.5, 0.6) is 5.75 Å². The normalized spacial score (nSPS) is 10.7. The van der Waals surface area contributed by atoms with Gasteiger partial charge in [0.1, 0.15) is 18.1 Å². The van der Waals surface area contributed by atoms with Crippen LogP contribution < -0.4 is 10.1 Å².